The van der Waals surface area contributed by atoms with Crippen molar-refractivity contribution >= 4 is 0 Å². The number of hydrogen-bond acceptors (Lipinski definition) is 0. The standard InChI is InChI=1S/C16H26/c1-7-9-11-16(10-8-2,12-14(3)4)13-15(5)6/h8-9,11-13H,2,7,10H2,1,3-6H3. The fourth-order valence-corrected chi connectivity index (χ4v) is 1.99. The molecule has 0 unspecified atom stereocenters. The second-order valence-corrected chi connectivity index (χ2v) is 4.86. The van der Waals surface area contributed by atoms with E-state index in [2.05, 4.69) is 65.5 Å². The predicted molar refractivity (Wildman–Crippen MR) is 75.5 cm³/mol. The number of allylic oxidation sites excluding steroid dienone is 7. The van der Waals surface area contributed by atoms with E-state index in [9.17, 15) is 0 Å². The van der Waals surface area contributed by atoms with Crippen molar-refractivity contribution in [1.29, 1.82) is 0 Å². The second kappa shape index (κ2) is 7.27. The van der Waals surface area contributed by atoms with Gasteiger partial charge < -0.3 is 0 Å². The summed E-state index contributed by atoms with van der Waals surface area (Å²) in [5.41, 5.74) is 2.72. The van der Waals surface area contributed by atoms with Gasteiger partial charge in [-0.3, -0.25) is 0 Å². The zero-order chi connectivity index (χ0) is 12.6. The van der Waals surface area contributed by atoms with Gasteiger partial charge in [0.05, 0.1) is 0 Å². The molecule has 0 fully saturated rings. The Bertz CT molecular complexity index is 274. The van der Waals surface area contributed by atoms with Gasteiger partial charge in [0.15, 0.2) is 0 Å². The molecule has 0 heterocycles. The molecule has 0 bridgehead atoms. The fraction of sp³-hybridized carbons (Fsp3) is 0.500. The molecular formula is C16H26. The van der Waals surface area contributed by atoms with E-state index in [4.69, 9.17) is 0 Å². The van der Waals surface area contributed by atoms with Gasteiger partial charge in [0.1, 0.15) is 0 Å². The van der Waals surface area contributed by atoms with E-state index in [0.29, 0.717) is 0 Å². The zero-order valence-electron chi connectivity index (χ0n) is 11.5. The highest BCUT2D eigenvalue weighted by atomic mass is 14.2. The molecule has 0 atom stereocenters. The minimum absolute atomic E-state index is 0.0232. The summed E-state index contributed by atoms with van der Waals surface area (Å²) in [6.45, 7) is 14.6. The van der Waals surface area contributed by atoms with Crippen LogP contribution in [-0.2, 0) is 0 Å². The molecule has 0 N–H and O–H groups in total. The smallest absolute Gasteiger partial charge is 0.0281 e. The lowest BCUT2D eigenvalue weighted by Crippen LogP contribution is -2.11. The Hall–Kier alpha value is -1.04. The average Bonchev–Trinajstić information content (AvgIpc) is 2.13. The summed E-state index contributed by atoms with van der Waals surface area (Å²) >= 11 is 0. The maximum absolute atomic E-state index is 3.88. The van der Waals surface area contributed by atoms with E-state index in [-0.39, 0.29) is 5.41 Å². The van der Waals surface area contributed by atoms with Crippen LogP contribution in [-0.4, -0.2) is 0 Å². The topological polar surface area (TPSA) is 0 Å². The highest BCUT2D eigenvalue weighted by Crippen LogP contribution is 2.31. The zero-order valence-corrected chi connectivity index (χ0v) is 11.5. The van der Waals surface area contributed by atoms with Crippen LogP contribution in [0.4, 0.5) is 0 Å². The van der Waals surface area contributed by atoms with Crippen molar-refractivity contribution in [2.45, 2.75) is 47.5 Å². The summed E-state index contributed by atoms with van der Waals surface area (Å²) in [6, 6.07) is 0. The molecule has 0 aliphatic rings. The molecule has 0 aliphatic heterocycles. The monoisotopic (exact) mass is 218 g/mol. The van der Waals surface area contributed by atoms with Crippen LogP contribution < -0.4 is 0 Å². The molecule has 0 radical (unpaired) electrons. The minimum Gasteiger partial charge on any atom is -0.103 e. The van der Waals surface area contributed by atoms with Crippen LogP contribution in [0.2, 0.25) is 0 Å². The summed E-state index contributed by atoms with van der Waals surface area (Å²) in [7, 11) is 0. The van der Waals surface area contributed by atoms with E-state index >= 15 is 0 Å². The van der Waals surface area contributed by atoms with Crippen LogP contribution in [0.3, 0.4) is 0 Å². The quantitative estimate of drug-likeness (QED) is 0.520. The SMILES string of the molecule is C=CCC(C=CCC)(C=C(C)C)C=C(C)C. The first-order valence-corrected chi connectivity index (χ1v) is 6.06. The van der Waals surface area contributed by atoms with Crippen molar-refractivity contribution in [3.63, 3.8) is 0 Å². The Morgan fingerprint density at radius 1 is 1.06 bits per heavy atom. The van der Waals surface area contributed by atoms with Crippen molar-refractivity contribution in [1.82, 2.24) is 0 Å². The molecule has 0 spiro atoms. The van der Waals surface area contributed by atoms with Crippen LogP contribution in [0.1, 0.15) is 47.5 Å². The maximum Gasteiger partial charge on any atom is 0.0281 e. The first-order chi connectivity index (χ1) is 7.45. The van der Waals surface area contributed by atoms with Crippen molar-refractivity contribution in [2.24, 2.45) is 5.41 Å². The van der Waals surface area contributed by atoms with E-state index < -0.39 is 0 Å². The number of rotatable bonds is 6. The summed E-state index contributed by atoms with van der Waals surface area (Å²) in [5, 5.41) is 0. The third-order valence-electron chi connectivity index (χ3n) is 2.28. The Balaban J connectivity index is 5.37. The lowest BCUT2D eigenvalue weighted by Gasteiger charge is -2.24. The van der Waals surface area contributed by atoms with Gasteiger partial charge in [-0.1, -0.05) is 48.5 Å². The van der Waals surface area contributed by atoms with Gasteiger partial charge in [0, 0.05) is 5.41 Å². The summed E-state index contributed by atoms with van der Waals surface area (Å²) in [5.74, 6) is 0. The molecule has 0 heteroatoms. The highest BCUT2D eigenvalue weighted by Gasteiger charge is 2.19. The van der Waals surface area contributed by atoms with Gasteiger partial charge in [0.25, 0.3) is 0 Å². The van der Waals surface area contributed by atoms with Crippen molar-refractivity contribution in [2.75, 3.05) is 0 Å². The van der Waals surface area contributed by atoms with Crippen LogP contribution in [0.15, 0.2) is 48.1 Å². The van der Waals surface area contributed by atoms with Gasteiger partial charge in [-0.05, 0) is 40.5 Å². The summed E-state index contributed by atoms with van der Waals surface area (Å²) < 4.78 is 0. The van der Waals surface area contributed by atoms with Crippen molar-refractivity contribution in [3.05, 3.63) is 48.1 Å². The van der Waals surface area contributed by atoms with E-state index in [0.717, 1.165) is 12.8 Å². The molecule has 90 valence electrons. The van der Waals surface area contributed by atoms with Crippen LogP contribution in [0, 0.1) is 5.41 Å². The van der Waals surface area contributed by atoms with Crippen LogP contribution in [0.5, 0.6) is 0 Å². The Kier molecular flexibility index (Phi) is 6.80. The molecule has 0 aromatic rings. The first-order valence-electron chi connectivity index (χ1n) is 6.06. The first kappa shape index (κ1) is 15.0. The molecule has 0 aromatic heterocycles. The lowest BCUT2D eigenvalue weighted by molar-refractivity contribution is 0.628. The predicted octanol–water partition coefficient (Wildman–Crippen LogP) is 5.45. The number of hydrogen-bond donors (Lipinski definition) is 0. The van der Waals surface area contributed by atoms with Crippen molar-refractivity contribution in [3.8, 4) is 0 Å². The largest absolute Gasteiger partial charge is 0.103 e. The molecular weight excluding hydrogens is 192 g/mol. The molecule has 16 heavy (non-hydrogen) atoms. The lowest BCUT2D eigenvalue weighted by atomic mass is 9.80. The summed E-state index contributed by atoms with van der Waals surface area (Å²) in [4.78, 5) is 0. The molecule has 0 saturated carbocycles. The highest BCUT2D eigenvalue weighted by molar-refractivity contribution is 5.26. The van der Waals surface area contributed by atoms with E-state index in [1.54, 1.807) is 0 Å². The molecule has 0 rings (SSSR count). The minimum atomic E-state index is 0.0232. The molecule has 0 aromatic carbocycles. The van der Waals surface area contributed by atoms with Crippen molar-refractivity contribution < 1.29 is 0 Å². The fourth-order valence-electron chi connectivity index (χ4n) is 1.99. The third kappa shape index (κ3) is 5.75. The van der Waals surface area contributed by atoms with Crippen LogP contribution >= 0.6 is 0 Å². The molecule has 0 amide bonds. The van der Waals surface area contributed by atoms with Gasteiger partial charge in [-0.25, -0.2) is 0 Å². The van der Waals surface area contributed by atoms with E-state index in [1.807, 2.05) is 6.08 Å². The third-order valence-corrected chi connectivity index (χ3v) is 2.28. The van der Waals surface area contributed by atoms with Gasteiger partial charge >= 0.3 is 0 Å². The second-order valence-electron chi connectivity index (χ2n) is 4.86. The van der Waals surface area contributed by atoms with Gasteiger partial charge in [-0.15, -0.1) is 6.58 Å². The van der Waals surface area contributed by atoms with Crippen LogP contribution in [0.25, 0.3) is 0 Å². The normalized spacial score (nSPS) is 11.3. The molecule has 0 nitrogen and oxygen atoms in total. The molecule has 0 saturated heterocycles. The van der Waals surface area contributed by atoms with Gasteiger partial charge in [0.2, 0.25) is 0 Å². The van der Waals surface area contributed by atoms with Gasteiger partial charge in [-0.2, -0.15) is 0 Å². The average molecular weight is 218 g/mol. The maximum atomic E-state index is 3.88. The molecule has 0 aliphatic carbocycles. The Labute approximate surface area is 101 Å². The summed E-state index contributed by atoms with van der Waals surface area (Å²) in [6.07, 6.45) is 13.2. The Morgan fingerprint density at radius 2 is 1.56 bits per heavy atom. The Morgan fingerprint density at radius 3 is 1.88 bits per heavy atom. The van der Waals surface area contributed by atoms with E-state index in [1.165, 1.54) is 11.1 Å².